The third kappa shape index (κ3) is 5.09. The summed E-state index contributed by atoms with van der Waals surface area (Å²) in [5, 5.41) is 14.0. The van der Waals surface area contributed by atoms with Gasteiger partial charge in [-0.05, 0) is 44.0 Å². The van der Waals surface area contributed by atoms with E-state index >= 15 is 0 Å². The molecule has 0 saturated carbocycles. The molecule has 1 aliphatic rings. The summed E-state index contributed by atoms with van der Waals surface area (Å²) in [5.41, 5.74) is 14.9. The molecule has 3 heterocycles. The molecule has 0 atom stereocenters. The van der Waals surface area contributed by atoms with Gasteiger partial charge in [0, 0.05) is 36.6 Å². The minimum absolute atomic E-state index is 0.0259. The highest BCUT2D eigenvalue weighted by atomic mass is 19.2. The first-order valence-corrected chi connectivity index (χ1v) is 11.2. The van der Waals surface area contributed by atoms with E-state index in [0.29, 0.717) is 11.6 Å². The number of nitrogens with two attached hydrogens (primary N) is 1. The molecule has 0 amide bonds. The Morgan fingerprint density at radius 2 is 2.03 bits per heavy atom. The standard InChI is InChI=1S/C23H27F2N9/c1-2-8-33-9-6-17(7-10-33)34-14-16(13-29-34)15-11-18(22(26)28-12-15)23(31-32-27)30-20-5-3-4-19(24)21(20)25/h3-5,11-14,17H,2,6-10H2,1H3,(H2,26,28)(H2,27,30,31). The Morgan fingerprint density at radius 3 is 2.76 bits per heavy atom. The number of pyridine rings is 1. The fourth-order valence-corrected chi connectivity index (χ4v) is 4.16. The number of piperidine rings is 1. The molecule has 4 rings (SSSR count). The average Bonchev–Trinajstić information content (AvgIpc) is 3.33. The number of nitrogens with one attached hydrogen (secondary N) is 2. The molecule has 2 aromatic heterocycles. The van der Waals surface area contributed by atoms with E-state index in [4.69, 9.17) is 11.3 Å². The molecule has 1 fully saturated rings. The Labute approximate surface area is 196 Å². The highest BCUT2D eigenvalue weighted by molar-refractivity contribution is 6.11. The van der Waals surface area contributed by atoms with Gasteiger partial charge in [0.1, 0.15) is 5.82 Å². The molecular formula is C23H27F2N9. The largest absolute Gasteiger partial charge is 0.383 e. The molecule has 178 valence electrons. The molecule has 11 heteroatoms. The number of nitrogen functional groups attached to an aromatic ring is 1. The van der Waals surface area contributed by atoms with E-state index in [1.807, 2.05) is 10.9 Å². The molecule has 0 bridgehead atoms. The molecule has 0 spiro atoms. The number of rotatable bonds is 7. The van der Waals surface area contributed by atoms with Gasteiger partial charge >= 0.3 is 0 Å². The van der Waals surface area contributed by atoms with Crippen LogP contribution in [0.5, 0.6) is 0 Å². The number of hydrogen-bond acceptors (Lipinski definition) is 6. The van der Waals surface area contributed by atoms with Gasteiger partial charge in [0.05, 0.1) is 23.5 Å². The van der Waals surface area contributed by atoms with Crippen LogP contribution in [0.15, 0.2) is 53.2 Å². The van der Waals surface area contributed by atoms with E-state index in [0.717, 1.165) is 56.1 Å². The highest BCUT2D eigenvalue weighted by Crippen LogP contribution is 2.27. The van der Waals surface area contributed by atoms with Gasteiger partial charge in [0.2, 0.25) is 0 Å². The van der Waals surface area contributed by atoms with Crippen molar-refractivity contribution in [1.29, 1.82) is 5.53 Å². The van der Waals surface area contributed by atoms with Crippen LogP contribution >= 0.6 is 0 Å². The summed E-state index contributed by atoms with van der Waals surface area (Å²) >= 11 is 0. The monoisotopic (exact) mass is 467 g/mol. The number of anilines is 2. The van der Waals surface area contributed by atoms with Gasteiger partial charge in [0.25, 0.3) is 0 Å². The van der Waals surface area contributed by atoms with Crippen molar-refractivity contribution in [1.82, 2.24) is 19.7 Å². The fourth-order valence-electron chi connectivity index (χ4n) is 4.16. The number of aromatic nitrogens is 3. The molecule has 1 saturated heterocycles. The molecule has 1 aromatic carbocycles. The van der Waals surface area contributed by atoms with Gasteiger partial charge in [0.15, 0.2) is 17.5 Å². The van der Waals surface area contributed by atoms with Crippen LogP contribution in [0.25, 0.3) is 11.1 Å². The lowest BCUT2D eigenvalue weighted by molar-refractivity contribution is 0.180. The zero-order valence-corrected chi connectivity index (χ0v) is 18.9. The van der Waals surface area contributed by atoms with Gasteiger partial charge in [-0.3, -0.25) is 4.68 Å². The molecular weight excluding hydrogens is 440 g/mol. The van der Waals surface area contributed by atoms with Crippen LogP contribution in [-0.4, -0.2) is 45.1 Å². The Morgan fingerprint density at radius 1 is 1.24 bits per heavy atom. The van der Waals surface area contributed by atoms with Crippen LogP contribution < -0.4 is 11.1 Å². The summed E-state index contributed by atoms with van der Waals surface area (Å²) in [7, 11) is 0. The zero-order chi connectivity index (χ0) is 24.1. The number of amidine groups is 1. The third-order valence-corrected chi connectivity index (χ3v) is 5.93. The van der Waals surface area contributed by atoms with Gasteiger partial charge in [-0.2, -0.15) is 10.6 Å². The quantitative estimate of drug-likeness (QED) is 0.202. The highest BCUT2D eigenvalue weighted by Gasteiger charge is 2.21. The predicted octanol–water partition coefficient (Wildman–Crippen LogP) is 4.66. The summed E-state index contributed by atoms with van der Waals surface area (Å²) in [6.45, 7) is 5.43. The topological polar surface area (TPSA) is 121 Å². The van der Waals surface area contributed by atoms with Crippen molar-refractivity contribution in [2.75, 3.05) is 30.7 Å². The normalized spacial score (nSPS) is 15.4. The van der Waals surface area contributed by atoms with Crippen molar-refractivity contribution in [2.24, 2.45) is 10.3 Å². The average molecular weight is 468 g/mol. The Hall–Kier alpha value is -3.73. The van der Waals surface area contributed by atoms with Crippen molar-refractivity contribution in [3.05, 3.63) is 60.1 Å². The summed E-state index contributed by atoms with van der Waals surface area (Å²) in [6, 6.07) is 5.76. The number of likely N-dealkylation sites (tertiary alicyclic amines) is 1. The first-order valence-electron chi connectivity index (χ1n) is 11.2. The lowest BCUT2D eigenvalue weighted by Crippen LogP contribution is -2.35. The van der Waals surface area contributed by atoms with Crippen molar-refractivity contribution in [3.8, 4) is 11.1 Å². The van der Waals surface area contributed by atoms with E-state index in [1.54, 1.807) is 18.5 Å². The van der Waals surface area contributed by atoms with E-state index in [1.165, 1.54) is 12.1 Å². The first-order chi connectivity index (χ1) is 16.5. The maximum absolute atomic E-state index is 14.2. The van der Waals surface area contributed by atoms with Crippen LogP contribution in [0.1, 0.15) is 37.8 Å². The van der Waals surface area contributed by atoms with E-state index in [-0.39, 0.29) is 17.3 Å². The van der Waals surface area contributed by atoms with Crippen LogP contribution in [0.3, 0.4) is 0 Å². The second-order valence-corrected chi connectivity index (χ2v) is 8.21. The van der Waals surface area contributed by atoms with Gasteiger partial charge < -0.3 is 16.0 Å². The molecule has 9 nitrogen and oxygen atoms in total. The summed E-state index contributed by atoms with van der Waals surface area (Å²) in [4.78, 5) is 6.71. The van der Waals surface area contributed by atoms with Crippen molar-refractivity contribution < 1.29 is 8.78 Å². The van der Waals surface area contributed by atoms with Crippen molar-refractivity contribution in [2.45, 2.75) is 32.2 Å². The van der Waals surface area contributed by atoms with Crippen LogP contribution in [0.4, 0.5) is 20.3 Å². The summed E-state index contributed by atoms with van der Waals surface area (Å²) in [5.74, 6) is -2.01. The number of benzene rings is 1. The fraction of sp³-hybridized carbons (Fsp3) is 0.348. The number of nitrogens with zero attached hydrogens (tertiary/aromatic N) is 6. The first kappa shape index (κ1) is 23.4. The Kier molecular flexibility index (Phi) is 7.21. The second-order valence-electron chi connectivity index (χ2n) is 8.21. The zero-order valence-electron chi connectivity index (χ0n) is 18.9. The lowest BCUT2D eigenvalue weighted by Gasteiger charge is -2.31. The van der Waals surface area contributed by atoms with Crippen LogP contribution in [0, 0.1) is 17.2 Å². The molecule has 0 aliphatic carbocycles. The smallest absolute Gasteiger partial charge is 0.182 e. The molecule has 4 N–H and O–H groups in total. The molecule has 3 aromatic rings. The lowest BCUT2D eigenvalue weighted by atomic mass is 10.0. The third-order valence-electron chi connectivity index (χ3n) is 5.93. The second kappa shape index (κ2) is 10.5. The van der Waals surface area contributed by atoms with Crippen LogP contribution in [-0.2, 0) is 0 Å². The van der Waals surface area contributed by atoms with E-state index < -0.39 is 11.6 Å². The Balaban J connectivity index is 1.58. The number of halogens is 2. The summed E-state index contributed by atoms with van der Waals surface area (Å²) in [6.07, 6.45) is 8.59. The maximum atomic E-state index is 14.2. The summed E-state index contributed by atoms with van der Waals surface area (Å²) < 4.78 is 29.8. The predicted molar refractivity (Wildman–Crippen MR) is 127 cm³/mol. The minimum atomic E-state index is -1.07. The van der Waals surface area contributed by atoms with Gasteiger partial charge in [-0.25, -0.2) is 13.8 Å². The van der Waals surface area contributed by atoms with Crippen molar-refractivity contribution >= 4 is 17.3 Å². The maximum Gasteiger partial charge on any atom is 0.182 e. The Bertz CT molecular complexity index is 1180. The number of hydrogen-bond donors (Lipinski definition) is 3. The van der Waals surface area contributed by atoms with Crippen molar-refractivity contribution in [3.63, 3.8) is 0 Å². The molecule has 34 heavy (non-hydrogen) atoms. The van der Waals surface area contributed by atoms with Gasteiger partial charge in [-0.15, -0.1) is 5.10 Å². The molecule has 0 unspecified atom stereocenters. The molecule has 0 radical (unpaired) electrons. The van der Waals surface area contributed by atoms with Crippen LogP contribution in [0.2, 0.25) is 0 Å². The van der Waals surface area contributed by atoms with E-state index in [9.17, 15) is 8.78 Å². The van der Waals surface area contributed by atoms with Gasteiger partial charge in [-0.1, -0.05) is 18.2 Å². The molecule has 1 aliphatic heterocycles. The SMILES string of the molecule is CCCN1CCC(n2cc(-c3cnc(N)c(/C(=N/N=N)Nc4cccc(F)c4F)c3)cn2)CC1. The minimum Gasteiger partial charge on any atom is -0.383 e. The van der Waals surface area contributed by atoms with E-state index in [2.05, 4.69) is 37.5 Å².